The molecule has 1 aromatic rings. The minimum atomic E-state index is -0.181. The summed E-state index contributed by atoms with van der Waals surface area (Å²) in [5.74, 6) is -0.260. The van der Waals surface area contributed by atoms with Crippen LogP contribution in [0.2, 0.25) is 0 Å². The molecule has 0 aliphatic heterocycles. The first kappa shape index (κ1) is 13.0. The highest BCUT2D eigenvalue weighted by molar-refractivity contribution is 9.10. The summed E-state index contributed by atoms with van der Waals surface area (Å²) >= 11 is 4.91. The lowest BCUT2D eigenvalue weighted by Crippen LogP contribution is -2.30. The predicted octanol–water partition coefficient (Wildman–Crippen LogP) is 1.61. The number of rotatable bonds is 4. The van der Waals surface area contributed by atoms with Crippen molar-refractivity contribution in [3.05, 3.63) is 20.8 Å². The first-order chi connectivity index (χ1) is 7.52. The molecule has 0 unspecified atom stereocenters. The van der Waals surface area contributed by atoms with Crippen molar-refractivity contribution in [3.63, 3.8) is 0 Å². The summed E-state index contributed by atoms with van der Waals surface area (Å²) in [6.07, 6.45) is -0.0699. The number of nitrogens with two attached hydrogens (primary N) is 1. The highest BCUT2D eigenvalue weighted by Gasteiger charge is 2.12. The number of hydrogen-bond donors (Lipinski definition) is 2. The fourth-order valence-corrected chi connectivity index (χ4v) is 2.59. The smallest absolute Gasteiger partial charge is 0.230 e. The summed E-state index contributed by atoms with van der Waals surface area (Å²) in [5.41, 5.74) is 5.26. The second-order valence-corrected chi connectivity index (χ2v) is 5.16. The van der Waals surface area contributed by atoms with Crippen molar-refractivity contribution in [1.29, 1.82) is 0 Å². The average Bonchev–Trinajstić information content (AvgIpc) is 2.63. The molecule has 5 nitrogen and oxygen atoms in total. The standard InChI is InChI=1S/C9H12BrN3O2S/c1-13(9(14)3-8(11)12-15)4-7-2-6(10)5-16-7/h2,5,15H,3-4H2,1H3,(H2,11,12). The van der Waals surface area contributed by atoms with Gasteiger partial charge >= 0.3 is 0 Å². The van der Waals surface area contributed by atoms with Gasteiger partial charge < -0.3 is 15.8 Å². The van der Waals surface area contributed by atoms with Gasteiger partial charge in [0.1, 0.15) is 5.84 Å². The van der Waals surface area contributed by atoms with E-state index in [0.29, 0.717) is 6.54 Å². The van der Waals surface area contributed by atoms with Crippen LogP contribution in [0.25, 0.3) is 0 Å². The Balaban J connectivity index is 2.52. The van der Waals surface area contributed by atoms with Crippen molar-refractivity contribution in [2.75, 3.05) is 7.05 Å². The monoisotopic (exact) mass is 305 g/mol. The highest BCUT2D eigenvalue weighted by atomic mass is 79.9. The van der Waals surface area contributed by atoms with E-state index in [0.717, 1.165) is 9.35 Å². The molecule has 7 heteroatoms. The van der Waals surface area contributed by atoms with Crippen LogP contribution in [0.5, 0.6) is 0 Å². The number of thiophene rings is 1. The maximum atomic E-state index is 11.6. The molecule has 0 aliphatic carbocycles. The second-order valence-electron chi connectivity index (χ2n) is 3.25. The zero-order chi connectivity index (χ0) is 12.1. The van der Waals surface area contributed by atoms with Gasteiger partial charge in [0.2, 0.25) is 5.91 Å². The molecule has 0 saturated heterocycles. The summed E-state index contributed by atoms with van der Waals surface area (Å²) in [5, 5.41) is 13.1. The molecule has 1 heterocycles. The highest BCUT2D eigenvalue weighted by Crippen LogP contribution is 2.20. The molecular formula is C9H12BrN3O2S. The molecule has 0 radical (unpaired) electrons. The van der Waals surface area contributed by atoms with Crippen LogP contribution in [0.4, 0.5) is 0 Å². The first-order valence-corrected chi connectivity index (χ1v) is 6.13. The fraction of sp³-hybridized carbons (Fsp3) is 0.333. The lowest BCUT2D eigenvalue weighted by atomic mass is 10.3. The van der Waals surface area contributed by atoms with E-state index in [-0.39, 0.29) is 18.2 Å². The fourth-order valence-electron chi connectivity index (χ4n) is 1.08. The van der Waals surface area contributed by atoms with Gasteiger partial charge in [0.15, 0.2) is 0 Å². The summed E-state index contributed by atoms with van der Waals surface area (Å²) in [6, 6.07) is 1.96. The van der Waals surface area contributed by atoms with Crippen molar-refractivity contribution < 1.29 is 10.0 Å². The van der Waals surface area contributed by atoms with Crippen molar-refractivity contribution in [2.24, 2.45) is 10.9 Å². The van der Waals surface area contributed by atoms with Crippen LogP contribution in [0, 0.1) is 0 Å². The van der Waals surface area contributed by atoms with Crippen molar-refractivity contribution in [3.8, 4) is 0 Å². The van der Waals surface area contributed by atoms with Gasteiger partial charge in [0.25, 0.3) is 0 Å². The van der Waals surface area contributed by atoms with E-state index in [1.807, 2.05) is 11.4 Å². The van der Waals surface area contributed by atoms with Crippen LogP contribution in [0.1, 0.15) is 11.3 Å². The van der Waals surface area contributed by atoms with E-state index in [4.69, 9.17) is 10.9 Å². The van der Waals surface area contributed by atoms with Crippen LogP contribution in [-0.2, 0) is 11.3 Å². The van der Waals surface area contributed by atoms with E-state index in [1.165, 1.54) is 4.90 Å². The SMILES string of the molecule is CN(Cc1cc(Br)cs1)C(=O)CC(N)=NO. The summed E-state index contributed by atoms with van der Waals surface area (Å²) in [7, 11) is 1.68. The Bertz CT molecular complexity index is 405. The molecule has 0 bridgehead atoms. The average molecular weight is 306 g/mol. The number of carbonyl (C=O) groups is 1. The molecule has 16 heavy (non-hydrogen) atoms. The minimum Gasteiger partial charge on any atom is -0.409 e. The van der Waals surface area contributed by atoms with Gasteiger partial charge in [0.05, 0.1) is 13.0 Å². The number of amidine groups is 1. The lowest BCUT2D eigenvalue weighted by molar-refractivity contribution is -0.129. The molecule has 0 fully saturated rings. The van der Waals surface area contributed by atoms with Crippen LogP contribution >= 0.6 is 27.3 Å². The van der Waals surface area contributed by atoms with Crippen LogP contribution in [-0.4, -0.2) is 28.9 Å². The number of carbonyl (C=O) groups excluding carboxylic acids is 1. The summed E-state index contributed by atoms with van der Waals surface area (Å²) in [6.45, 7) is 0.522. The van der Waals surface area contributed by atoms with E-state index in [1.54, 1.807) is 18.4 Å². The normalized spacial score (nSPS) is 11.5. The van der Waals surface area contributed by atoms with E-state index in [2.05, 4.69) is 21.1 Å². The second kappa shape index (κ2) is 5.86. The molecule has 1 aromatic heterocycles. The third-order valence-corrected chi connectivity index (χ3v) is 3.58. The molecule has 0 aliphatic rings. The van der Waals surface area contributed by atoms with Crippen LogP contribution in [0.3, 0.4) is 0 Å². The molecule has 1 rings (SSSR count). The van der Waals surface area contributed by atoms with E-state index < -0.39 is 0 Å². The third-order valence-electron chi connectivity index (χ3n) is 1.90. The molecule has 1 amide bonds. The molecule has 88 valence electrons. The number of halogens is 1. The molecular weight excluding hydrogens is 294 g/mol. The van der Waals surface area contributed by atoms with Crippen molar-refractivity contribution >= 4 is 39.0 Å². The van der Waals surface area contributed by atoms with E-state index in [9.17, 15) is 4.79 Å². The quantitative estimate of drug-likeness (QED) is 0.384. The number of amides is 1. The van der Waals surface area contributed by atoms with Gasteiger partial charge in [-0.3, -0.25) is 4.79 Å². The predicted molar refractivity (Wildman–Crippen MR) is 66.5 cm³/mol. The van der Waals surface area contributed by atoms with Gasteiger partial charge in [0, 0.05) is 21.8 Å². The Hall–Kier alpha value is -1.08. The van der Waals surface area contributed by atoms with Gasteiger partial charge in [-0.15, -0.1) is 11.3 Å². The third kappa shape index (κ3) is 3.82. The van der Waals surface area contributed by atoms with E-state index >= 15 is 0 Å². The molecule has 0 atom stereocenters. The Labute approximate surface area is 106 Å². The molecule has 0 saturated carbocycles. The van der Waals surface area contributed by atoms with Gasteiger partial charge in [-0.1, -0.05) is 5.16 Å². The lowest BCUT2D eigenvalue weighted by Gasteiger charge is -2.15. The zero-order valence-electron chi connectivity index (χ0n) is 8.68. The summed E-state index contributed by atoms with van der Waals surface area (Å²) < 4.78 is 1.00. The number of oxime groups is 1. The number of nitrogens with zero attached hydrogens (tertiary/aromatic N) is 2. The topological polar surface area (TPSA) is 78.9 Å². The Morgan fingerprint density at radius 1 is 1.75 bits per heavy atom. The van der Waals surface area contributed by atoms with Crippen LogP contribution < -0.4 is 5.73 Å². The number of hydrogen-bond acceptors (Lipinski definition) is 4. The zero-order valence-corrected chi connectivity index (χ0v) is 11.1. The van der Waals surface area contributed by atoms with Gasteiger partial charge in [-0.2, -0.15) is 0 Å². The Kier molecular flexibility index (Phi) is 4.75. The van der Waals surface area contributed by atoms with Crippen molar-refractivity contribution in [1.82, 2.24) is 4.90 Å². The largest absolute Gasteiger partial charge is 0.409 e. The first-order valence-electron chi connectivity index (χ1n) is 4.46. The van der Waals surface area contributed by atoms with Crippen molar-refractivity contribution in [2.45, 2.75) is 13.0 Å². The van der Waals surface area contributed by atoms with Gasteiger partial charge in [-0.25, -0.2) is 0 Å². The molecule has 0 spiro atoms. The maximum absolute atomic E-state index is 11.6. The molecule has 3 N–H and O–H groups in total. The minimum absolute atomic E-state index is 0.0699. The molecule has 0 aromatic carbocycles. The summed E-state index contributed by atoms with van der Waals surface area (Å²) in [4.78, 5) is 14.2. The van der Waals surface area contributed by atoms with Gasteiger partial charge in [-0.05, 0) is 22.0 Å². The Morgan fingerprint density at radius 3 is 2.94 bits per heavy atom. The maximum Gasteiger partial charge on any atom is 0.230 e. The Morgan fingerprint density at radius 2 is 2.44 bits per heavy atom. The van der Waals surface area contributed by atoms with Crippen LogP contribution in [0.15, 0.2) is 21.1 Å².